The van der Waals surface area contributed by atoms with Crippen molar-refractivity contribution >= 4 is 5.69 Å². The van der Waals surface area contributed by atoms with Crippen LogP contribution in [0.1, 0.15) is 24.5 Å². The van der Waals surface area contributed by atoms with E-state index >= 15 is 0 Å². The van der Waals surface area contributed by atoms with Gasteiger partial charge in [-0.3, -0.25) is 15.8 Å². The molecule has 0 amide bonds. The van der Waals surface area contributed by atoms with E-state index in [2.05, 4.69) is 15.7 Å². The molecule has 4 heteroatoms. The molecule has 1 heterocycles. The number of aromatic nitrogens is 2. The van der Waals surface area contributed by atoms with Gasteiger partial charge in [-0.2, -0.15) is 5.10 Å². The summed E-state index contributed by atoms with van der Waals surface area (Å²) in [4.78, 5) is 0. The number of nitrogens with one attached hydrogen (secondary N) is 2. The van der Waals surface area contributed by atoms with Gasteiger partial charge in [0.25, 0.3) is 0 Å². The average molecular weight is 139 g/mol. The van der Waals surface area contributed by atoms with Crippen LogP contribution in [0.3, 0.4) is 0 Å². The predicted molar refractivity (Wildman–Crippen MR) is 36.0 cm³/mol. The molecule has 54 valence electrons. The molecule has 0 unspecified atom stereocenters. The molecule has 1 aliphatic carbocycles. The Labute approximate surface area is 58.2 Å². The Bertz CT molecular complexity index is 229. The highest BCUT2D eigenvalue weighted by atomic mass is 16.5. The summed E-state index contributed by atoms with van der Waals surface area (Å²) in [6.07, 6.45) is 4.00. The highest BCUT2D eigenvalue weighted by Crippen LogP contribution is 2.41. The molecule has 2 rings (SSSR count). The topological polar surface area (TPSA) is 60.9 Å². The van der Waals surface area contributed by atoms with Crippen LogP contribution in [0.2, 0.25) is 0 Å². The second-order valence-electron chi connectivity index (χ2n) is 2.58. The summed E-state index contributed by atoms with van der Waals surface area (Å²) in [6, 6.07) is 0. The normalized spacial score (nSPS) is 17.3. The molecule has 0 spiro atoms. The van der Waals surface area contributed by atoms with Crippen molar-refractivity contribution in [2.75, 3.05) is 5.48 Å². The standard InChI is InChI=1S/C6H9N3O/c10-9-5-3-7-8-6(5)4-1-2-4/h3-4,9-10H,1-2H2,(H,7,8). The van der Waals surface area contributed by atoms with E-state index in [9.17, 15) is 0 Å². The van der Waals surface area contributed by atoms with Gasteiger partial charge in [-0.15, -0.1) is 0 Å². The molecule has 0 aromatic carbocycles. The van der Waals surface area contributed by atoms with E-state index in [0.717, 1.165) is 5.69 Å². The molecule has 10 heavy (non-hydrogen) atoms. The Morgan fingerprint density at radius 1 is 1.70 bits per heavy atom. The van der Waals surface area contributed by atoms with Gasteiger partial charge in [0.2, 0.25) is 0 Å². The van der Waals surface area contributed by atoms with Gasteiger partial charge in [0.1, 0.15) is 5.69 Å². The average Bonchev–Trinajstić information content (AvgIpc) is 2.69. The summed E-state index contributed by atoms with van der Waals surface area (Å²) in [5.41, 5.74) is 3.84. The van der Waals surface area contributed by atoms with Gasteiger partial charge in [0.05, 0.1) is 11.9 Å². The van der Waals surface area contributed by atoms with Crippen molar-refractivity contribution in [2.45, 2.75) is 18.8 Å². The van der Waals surface area contributed by atoms with Gasteiger partial charge in [0.15, 0.2) is 0 Å². The van der Waals surface area contributed by atoms with E-state index in [1.165, 1.54) is 12.8 Å². The molecule has 0 radical (unpaired) electrons. The van der Waals surface area contributed by atoms with E-state index in [-0.39, 0.29) is 0 Å². The van der Waals surface area contributed by atoms with Crippen LogP contribution < -0.4 is 5.48 Å². The number of rotatable bonds is 2. The number of hydrogen-bond donors (Lipinski definition) is 3. The van der Waals surface area contributed by atoms with Crippen LogP contribution in [-0.4, -0.2) is 15.4 Å². The van der Waals surface area contributed by atoms with Crippen LogP contribution in [0.5, 0.6) is 0 Å². The van der Waals surface area contributed by atoms with Gasteiger partial charge < -0.3 is 0 Å². The van der Waals surface area contributed by atoms with E-state index in [0.29, 0.717) is 11.6 Å². The second kappa shape index (κ2) is 1.98. The zero-order chi connectivity index (χ0) is 6.97. The highest BCUT2D eigenvalue weighted by molar-refractivity contribution is 5.46. The van der Waals surface area contributed by atoms with Gasteiger partial charge in [0, 0.05) is 5.92 Å². The van der Waals surface area contributed by atoms with Crippen LogP contribution in [0.25, 0.3) is 0 Å². The lowest BCUT2D eigenvalue weighted by Gasteiger charge is -1.95. The molecular weight excluding hydrogens is 130 g/mol. The maximum atomic E-state index is 8.57. The first kappa shape index (κ1) is 5.73. The molecule has 1 aromatic rings. The quantitative estimate of drug-likeness (QED) is 0.537. The number of hydrogen-bond acceptors (Lipinski definition) is 3. The van der Waals surface area contributed by atoms with E-state index in [1.54, 1.807) is 6.20 Å². The van der Waals surface area contributed by atoms with Crippen molar-refractivity contribution in [3.8, 4) is 0 Å². The minimum Gasteiger partial charge on any atom is -0.291 e. The molecule has 0 bridgehead atoms. The van der Waals surface area contributed by atoms with Crippen molar-refractivity contribution in [1.82, 2.24) is 10.2 Å². The maximum absolute atomic E-state index is 8.57. The number of H-pyrrole nitrogens is 1. The number of nitrogens with zero attached hydrogens (tertiary/aromatic N) is 1. The SMILES string of the molecule is ONc1cn[nH]c1C1CC1. The Morgan fingerprint density at radius 2 is 2.50 bits per heavy atom. The first-order chi connectivity index (χ1) is 4.92. The second-order valence-corrected chi connectivity index (χ2v) is 2.58. The van der Waals surface area contributed by atoms with E-state index in [4.69, 9.17) is 5.21 Å². The molecule has 0 atom stereocenters. The lowest BCUT2D eigenvalue weighted by molar-refractivity contribution is 0.388. The smallest absolute Gasteiger partial charge is 0.101 e. The first-order valence-electron chi connectivity index (χ1n) is 3.35. The molecule has 0 aliphatic heterocycles. The molecule has 4 nitrogen and oxygen atoms in total. The van der Waals surface area contributed by atoms with Crippen LogP contribution in [0.15, 0.2) is 6.20 Å². The maximum Gasteiger partial charge on any atom is 0.101 e. The largest absolute Gasteiger partial charge is 0.291 e. The molecule has 1 aromatic heterocycles. The monoisotopic (exact) mass is 139 g/mol. The Kier molecular flexibility index (Phi) is 1.14. The summed E-state index contributed by atoms with van der Waals surface area (Å²) >= 11 is 0. The summed E-state index contributed by atoms with van der Waals surface area (Å²) in [5.74, 6) is 0.595. The summed E-state index contributed by atoms with van der Waals surface area (Å²) in [5, 5.41) is 15.2. The predicted octanol–water partition coefficient (Wildman–Crippen LogP) is 1.09. The summed E-state index contributed by atoms with van der Waals surface area (Å²) in [6.45, 7) is 0. The third-order valence-electron chi connectivity index (χ3n) is 1.77. The summed E-state index contributed by atoms with van der Waals surface area (Å²) < 4.78 is 0. The van der Waals surface area contributed by atoms with Crippen LogP contribution in [0.4, 0.5) is 5.69 Å². The first-order valence-corrected chi connectivity index (χ1v) is 3.35. The minimum absolute atomic E-state index is 0.595. The third kappa shape index (κ3) is 0.769. The van der Waals surface area contributed by atoms with Crippen LogP contribution >= 0.6 is 0 Å². The lowest BCUT2D eigenvalue weighted by atomic mass is 10.3. The minimum atomic E-state index is 0.595. The fourth-order valence-corrected chi connectivity index (χ4v) is 1.07. The Morgan fingerprint density at radius 3 is 3.10 bits per heavy atom. The van der Waals surface area contributed by atoms with E-state index in [1.807, 2.05) is 0 Å². The molecular formula is C6H9N3O. The van der Waals surface area contributed by atoms with Crippen molar-refractivity contribution in [2.24, 2.45) is 0 Å². The van der Waals surface area contributed by atoms with Crippen molar-refractivity contribution in [3.63, 3.8) is 0 Å². The zero-order valence-electron chi connectivity index (χ0n) is 5.46. The Balaban J connectivity index is 2.28. The molecule has 1 aliphatic rings. The van der Waals surface area contributed by atoms with Crippen LogP contribution in [-0.2, 0) is 0 Å². The summed E-state index contributed by atoms with van der Waals surface area (Å²) in [7, 11) is 0. The van der Waals surface area contributed by atoms with Crippen molar-refractivity contribution in [1.29, 1.82) is 0 Å². The van der Waals surface area contributed by atoms with E-state index < -0.39 is 0 Å². The van der Waals surface area contributed by atoms with Crippen molar-refractivity contribution in [3.05, 3.63) is 11.9 Å². The van der Waals surface area contributed by atoms with Gasteiger partial charge in [-0.1, -0.05) is 0 Å². The number of anilines is 1. The fourth-order valence-electron chi connectivity index (χ4n) is 1.07. The lowest BCUT2D eigenvalue weighted by Crippen LogP contribution is -1.91. The fraction of sp³-hybridized carbons (Fsp3) is 0.500. The van der Waals surface area contributed by atoms with Crippen molar-refractivity contribution < 1.29 is 5.21 Å². The molecule has 1 fully saturated rings. The van der Waals surface area contributed by atoms with Gasteiger partial charge in [-0.25, -0.2) is 0 Å². The molecule has 0 saturated heterocycles. The Hall–Kier alpha value is -1.03. The third-order valence-corrected chi connectivity index (χ3v) is 1.77. The van der Waals surface area contributed by atoms with Gasteiger partial charge in [-0.05, 0) is 12.8 Å². The van der Waals surface area contributed by atoms with Crippen LogP contribution in [0, 0.1) is 0 Å². The molecule has 3 N–H and O–H groups in total. The molecule has 1 saturated carbocycles. The zero-order valence-corrected chi connectivity index (χ0v) is 5.46. The number of aromatic amines is 1. The van der Waals surface area contributed by atoms with Gasteiger partial charge >= 0.3 is 0 Å². The highest BCUT2D eigenvalue weighted by Gasteiger charge is 2.27.